The molecule has 75 valence electrons. The lowest BCUT2D eigenvalue weighted by molar-refractivity contribution is 0.585. The third-order valence-corrected chi connectivity index (χ3v) is 2.01. The van der Waals surface area contributed by atoms with Gasteiger partial charge in [0.1, 0.15) is 17.5 Å². The molecule has 0 aliphatic carbocycles. The molecule has 0 amide bonds. The molecule has 0 aliphatic rings. The third-order valence-electron chi connectivity index (χ3n) is 2.01. The van der Waals surface area contributed by atoms with E-state index in [4.69, 9.17) is 0 Å². The Morgan fingerprint density at radius 3 is 2.40 bits per heavy atom. The summed E-state index contributed by atoms with van der Waals surface area (Å²) in [6, 6.07) is 9.50. The normalized spacial score (nSPS) is 10.3. The lowest BCUT2D eigenvalue weighted by Crippen LogP contribution is -1.87. The van der Waals surface area contributed by atoms with Gasteiger partial charge < -0.3 is 0 Å². The van der Waals surface area contributed by atoms with Gasteiger partial charge in [0.2, 0.25) is 0 Å². The van der Waals surface area contributed by atoms with Gasteiger partial charge in [-0.1, -0.05) is 12.1 Å². The Kier molecular flexibility index (Phi) is 2.46. The van der Waals surface area contributed by atoms with Crippen molar-refractivity contribution in [3.8, 4) is 11.1 Å². The average molecular weight is 207 g/mol. The van der Waals surface area contributed by atoms with Gasteiger partial charge in [0.05, 0.1) is 0 Å². The fourth-order valence-corrected chi connectivity index (χ4v) is 1.33. The Hall–Kier alpha value is -1.77. The molecule has 15 heavy (non-hydrogen) atoms. The van der Waals surface area contributed by atoms with Crippen molar-refractivity contribution in [2.45, 2.75) is 0 Å². The van der Waals surface area contributed by atoms with Crippen molar-refractivity contribution in [3.05, 3.63) is 59.9 Å². The number of rotatable bonds is 1. The summed E-state index contributed by atoms with van der Waals surface area (Å²) in [5, 5.41) is 0. The van der Waals surface area contributed by atoms with Gasteiger partial charge in [0.15, 0.2) is 0 Å². The summed E-state index contributed by atoms with van der Waals surface area (Å²) >= 11 is 0. The molecule has 0 saturated heterocycles. The standard InChI is InChI=1S/C12H6F3/c13-9-3-1-2-8(6-9)11-5-4-10(14)7-12(11)15/h1-2,4-7H. The van der Waals surface area contributed by atoms with E-state index >= 15 is 0 Å². The molecule has 0 N–H and O–H groups in total. The van der Waals surface area contributed by atoms with Gasteiger partial charge in [0.25, 0.3) is 0 Å². The van der Waals surface area contributed by atoms with Gasteiger partial charge in [-0.05, 0) is 23.8 Å². The van der Waals surface area contributed by atoms with E-state index in [1.807, 2.05) is 0 Å². The van der Waals surface area contributed by atoms with Crippen molar-refractivity contribution in [1.82, 2.24) is 0 Å². The molecule has 2 rings (SSSR count). The van der Waals surface area contributed by atoms with E-state index in [-0.39, 0.29) is 5.56 Å². The van der Waals surface area contributed by atoms with Crippen LogP contribution in [0.4, 0.5) is 13.2 Å². The highest BCUT2D eigenvalue weighted by Crippen LogP contribution is 2.23. The maximum atomic E-state index is 13.3. The second kappa shape index (κ2) is 3.77. The molecule has 0 atom stereocenters. The molecule has 0 heterocycles. The molecule has 2 aromatic carbocycles. The van der Waals surface area contributed by atoms with Gasteiger partial charge in [-0.25, -0.2) is 13.2 Å². The molecule has 0 fully saturated rings. The molecule has 2 aromatic rings. The van der Waals surface area contributed by atoms with E-state index in [9.17, 15) is 13.2 Å². The second-order valence-electron chi connectivity index (χ2n) is 3.05. The molecular formula is C12H6F3. The highest BCUT2D eigenvalue weighted by atomic mass is 19.1. The minimum atomic E-state index is -0.708. The first-order valence-corrected chi connectivity index (χ1v) is 4.29. The van der Waals surface area contributed by atoms with Crippen LogP contribution in [0.15, 0.2) is 36.4 Å². The van der Waals surface area contributed by atoms with Crippen molar-refractivity contribution < 1.29 is 13.2 Å². The van der Waals surface area contributed by atoms with E-state index in [0.717, 1.165) is 18.2 Å². The van der Waals surface area contributed by atoms with Crippen molar-refractivity contribution in [2.24, 2.45) is 0 Å². The SMILES string of the molecule is Fc1[c]ccc(-c2ccc(F)cc2F)c1. The highest BCUT2D eigenvalue weighted by Gasteiger charge is 2.06. The molecule has 0 bridgehead atoms. The van der Waals surface area contributed by atoms with Crippen LogP contribution in [0.5, 0.6) is 0 Å². The zero-order chi connectivity index (χ0) is 10.8. The van der Waals surface area contributed by atoms with Crippen molar-refractivity contribution in [1.29, 1.82) is 0 Å². The van der Waals surface area contributed by atoms with Crippen molar-refractivity contribution >= 4 is 0 Å². The Morgan fingerprint density at radius 1 is 0.933 bits per heavy atom. The Bertz CT molecular complexity index is 492. The van der Waals surface area contributed by atoms with E-state index in [0.29, 0.717) is 5.56 Å². The number of hydrogen-bond donors (Lipinski definition) is 0. The van der Waals surface area contributed by atoms with E-state index in [1.54, 1.807) is 0 Å². The van der Waals surface area contributed by atoms with E-state index < -0.39 is 17.5 Å². The van der Waals surface area contributed by atoms with E-state index in [1.165, 1.54) is 18.2 Å². The minimum Gasteiger partial charge on any atom is -0.207 e. The number of hydrogen-bond acceptors (Lipinski definition) is 0. The lowest BCUT2D eigenvalue weighted by atomic mass is 10.1. The first kappa shape index (κ1) is 9.77. The number of benzene rings is 2. The molecule has 0 unspecified atom stereocenters. The summed E-state index contributed by atoms with van der Waals surface area (Å²) in [6.07, 6.45) is 0. The van der Waals surface area contributed by atoms with E-state index in [2.05, 4.69) is 6.07 Å². The van der Waals surface area contributed by atoms with Crippen LogP contribution >= 0.6 is 0 Å². The largest absolute Gasteiger partial charge is 0.207 e. The summed E-state index contributed by atoms with van der Waals surface area (Å²) in [6.45, 7) is 0. The third kappa shape index (κ3) is 2.01. The zero-order valence-corrected chi connectivity index (χ0v) is 7.60. The summed E-state index contributed by atoms with van der Waals surface area (Å²) in [4.78, 5) is 0. The van der Waals surface area contributed by atoms with Crippen LogP contribution in [0.1, 0.15) is 0 Å². The van der Waals surface area contributed by atoms with Crippen LogP contribution in [0.3, 0.4) is 0 Å². The van der Waals surface area contributed by atoms with Gasteiger partial charge in [-0.2, -0.15) is 0 Å². The van der Waals surface area contributed by atoms with Crippen LogP contribution in [-0.2, 0) is 0 Å². The van der Waals surface area contributed by atoms with Crippen LogP contribution in [-0.4, -0.2) is 0 Å². The summed E-state index contributed by atoms with van der Waals surface area (Å²) in [5.41, 5.74) is 0.535. The molecule has 3 heteroatoms. The maximum Gasteiger partial charge on any atom is 0.133 e. The fraction of sp³-hybridized carbons (Fsp3) is 0. The molecule has 1 radical (unpaired) electrons. The topological polar surface area (TPSA) is 0 Å². The molecule has 0 aliphatic heterocycles. The van der Waals surface area contributed by atoms with Crippen LogP contribution in [0.25, 0.3) is 11.1 Å². The minimum absolute atomic E-state index is 0.171. The monoisotopic (exact) mass is 207 g/mol. The number of halogens is 3. The average Bonchev–Trinajstić information content (AvgIpc) is 2.17. The van der Waals surface area contributed by atoms with Crippen LogP contribution in [0, 0.1) is 23.5 Å². The van der Waals surface area contributed by atoms with Gasteiger partial charge in [-0.15, -0.1) is 0 Å². The molecular weight excluding hydrogens is 201 g/mol. The van der Waals surface area contributed by atoms with Crippen LogP contribution < -0.4 is 0 Å². The maximum absolute atomic E-state index is 13.3. The van der Waals surface area contributed by atoms with Crippen LogP contribution in [0.2, 0.25) is 0 Å². The first-order valence-electron chi connectivity index (χ1n) is 4.29. The second-order valence-corrected chi connectivity index (χ2v) is 3.05. The molecule has 0 nitrogen and oxygen atoms in total. The lowest BCUT2D eigenvalue weighted by Gasteiger charge is -2.03. The van der Waals surface area contributed by atoms with Crippen molar-refractivity contribution in [3.63, 3.8) is 0 Å². The Balaban J connectivity index is 2.54. The fourth-order valence-electron chi connectivity index (χ4n) is 1.33. The summed E-state index contributed by atoms with van der Waals surface area (Å²) < 4.78 is 38.7. The zero-order valence-electron chi connectivity index (χ0n) is 7.60. The predicted octanol–water partition coefficient (Wildman–Crippen LogP) is 3.57. The summed E-state index contributed by atoms with van der Waals surface area (Å²) in [7, 11) is 0. The van der Waals surface area contributed by atoms with Gasteiger partial charge in [0, 0.05) is 17.7 Å². The highest BCUT2D eigenvalue weighted by molar-refractivity contribution is 5.63. The molecule has 0 aromatic heterocycles. The first-order chi connectivity index (χ1) is 7.16. The molecule has 0 spiro atoms. The summed E-state index contributed by atoms with van der Waals surface area (Å²) in [5.74, 6) is -1.93. The quantitative estimate of drug-likeness (QED) is 0.670. The Morgan fingerprint density at radius 2 is 1.73 bits per heavy atom. The van der Waals surface area contributed by atoms with Crippen molar-refractivity contribution in [2.75, 3.05) is 0 Å². The Labute approximate surface area is 85.0 Å². The smallest absolute Gasteiger partial charge is 0.133 e. The molecule has 0 saturated carbocycles. The van der Waals surface area contributed by atoms with Gasteiger partial charge >= 0.3 is 0 Å². The van der Waals surface area contributed by atoms with Gasteiger partial charge in [-0.3, -0.25) is 0 Å². The predicted molar refractivity (Wildman–Crippen MR) is 50.6 cm³/mol.